The lowest BCUT2D eigenvalue weighted by atomic mass is 9.88. The highest BCUT2D eigenvalue weighted by Crippen LogP contribution is 2.24. The van der Waals surface area contributed by atoms with Gasteiger partial charge < -0.3 is 14.9 Å². The van der Waals surface area contributed by atoms with Gasteiger partial charge in [-0.2, -0.15) is 0 Å². The summed E-state index contributed by atoms with van der Waals surface area (Å²) in [5, 5.41) is 17.9. The van der Waals surface area contributed by atoms with Crippen molar-refractivity contribution in [2.45, 2.75) is 33.6 Å². The summed E-state index contributed by atoms with van der Waals surface area (Å²) in [6.45, 7) is 5.54. The first-order valence-electron chi connectivity index (χ1n) is 6.44. The number of carboxylic acid groups (broad SMARTS) is 2. The van der Waals surface area contributed by atoms with Gasteiger partial charge in [-0.1, -0.05) is 6.07 Å². The Kier molecular flexibility index (Phi) is 5.13. The van der Waals surface area contributed by atoms with E-state index >= 15 is 0 Å². The van der Waals surface area contributed by atoms with Crippen LogP contribution < -0.4 is 4.74 Å². The van der Waals surface area contributed by atoms with E-state index in [1.54, 1.807) is 19.9 Å². The lowest BCUT2D eigenvalue weighted by molar-refractivity contribution is -0.147. The summed E-state index contributed by atoms with van der Waals surface area (Å²) in [5.41, 5.74) is 0.255. The Morgan fingerprint density at radius 1 is 1.25 bits per heavy atom. The zero-order chi connectivity index (χ0) is 15.3. The number of benzene rings is 1. The fourth-order valence-electron chi connectivity index (χ4n) is 1.69. The zero-order valence-electron chi connectivity index (χ0n) is 12.0. The van der Waals surface area contributed by atoms with Crippen LogP contribution in [0.1, 0.15) is 42.6 Å². The lowest BCUT2D eigenvalue weighted by Gasteiger charge is -2.19. The molecule has 0 amide bonds. The SMILES string of the molecule is Cc1ccc(C(=O)O)cc1OCCCC(C)(C)C(=O)O. The highest BCUT2D eigenvalue weighted by molar-refractivity contribution is 5.88. The number of aliphatic carboxylic acids is 1. The minimum Gasteiger partial charge on any atom is -0.493 e. The van der Waals surface area contributed by atoms with Crippen molar-refractivity contribution in [3.63, 3.8) is 0 Å². The Morgan fingerprint density at radius 2 is 1.90 bits per heavy atom. The van der Waals surface area contributed by atoms with Crippen molar-refractivity contribution in [2.24, 2.45) is 5.41 Å². The first-order chi connectivity index (χ1) is 9.24. The molecule has 1 aromatic carbocycles. The summed E-state index contributed by atoms with van der Waals surface area (Å²) in [7, 11) is 0. The van der Waals surface area contributed by atoms with E-state index in [2.05, 4.69) is 0 Å². The fraction of sp³-hybridized carbons (Fsp3) is 0.467. The summed E-state index contributed by atoms with van der Waals surface area (Å²) < 4.78 is 5.55. The van der Waals surface area contributed by atoms with E-state index in [0.29, 0.717) is 25.2 Å². The molecule has 110 valence electrons. The van der Waals surface area contributed by atoms with Crippen LogP contribution in [0.4, 0.5) is 0 Å². The summed E-state index contributed by atoms with van der Waals surface area (Å²) in [5.74, 6) is -1.30. The van der Waals surface area contributed by atoms with Crippen LogP contribution in [-0.2, 0) is 4.79 Å². The Labute approximate surface area is 118 Å². The largest absolute Gasteiger partial charge is 0.493 e. The van der Waals surface area contributed by atoms with Crippen LogP contribution in [0, 0.1) is 12.3 Å². The van der Waals surface area contributed by atoms with Crippen molar-refractivity contribution in [3.8, 4) is 5.75 Å². The van der Waals surface area contributed by atoms with Crippen molar-refractivity contribution in [1.82, 2.24) is 0 Å². The number of ether oxygens (including phenoxy) is 1. The van der Waals surface area contributed by atoms with E-state index in [4.69, 9.17) is 14.9 Å². The van der Waals surface area contributed by atoms with Gasteiger partial charge in [0, 0.05) is 0 Å². The predicted octanol–water partition coefficient (Wildman–Crippen LogP) is 2.96. The van der Waals surface area contributed by atoms with E-state index in [-0.39, 0.29) is 5.56 Å². The van der Waals surface area contributed by atoms with Gasteiger partial charge in [0.15, 0.2) is 0 Å². The van der Waals surface area contributed by atoms with Crippen LogP contribution in [0.5, 0.6) is 5.75 Å². The minimum atomic E-state index is -0.998. The minimum absolute atomic E-state index is 0.177. The average molecular weight is 280 g/mol. The molecule has 0 aliphatic rings. The lowest BCUT2D eigenvalue weighted by Crippen LogP contribution is -2.24. The van der Waals surface area contributed by atoms with Crippen LogP contribution in [0.15, 0.2) is 18.2 Å². The van der Waals surface area contributed by atoms with Crippen LogP contribution in [0.3, 0.4) is 0 Å². The maximum atomic E-state index is 11.0. The second-order valence-corrected chi connectivity index (χ2v) is 5.43. The third-order valence-electron chi connectivity index (χ3n) is 3.22. The second-order valence-electron chi connectivity index (χ2n) is 5.43. The predicted molar refractivity (Wildman–Crippen MR) is 74.3 cm³/mol. The van der Waals surface area contributed by atoms with Gasteiger partial charge >= 0.3 is 11.9 Å². The van der Waals surface area contributed by atoms with Gasteiger partial charge in [0.1, 0.15) is 5.75 Å². The number of carboxylic acids is 2. The van der Waals surface area contributed by atoms with Gasteiger partial charge in [-0.3, -0.25) is 4.79 Å². The van der Waals surface area contributed by atoms with Gasteiger partial charge in [0.05, 0.1) is 17.6 Å². The molecule has 1 rings (SSSR count). The molecule has 0 bridgehead atoms. The number of aryl methyl sites for hydroxylation is 1. The topological polar surface area (TPSA) is 83.8 Å². The molecular weight excluding hydrogens is 260 g/mol. The highest BCUT2D eigenvalue weighted by atomic mass is 16.5. The standard InChI is InChI=1S/C15H20O5/c1-10-5-6-11(13(16)17)9-12(10)20-8-4-7-15(2,3)14(18)19/h5-6,9H,4,7-8H2,1-3H3,(H,16,17)(H,18,19). The first-order valence-corrected chi connectivity index (χ1v) is 6.44. The smallest absolute Gasteiger partial charge is 0.335 e. The molecule has 0 saturated heterocycles. The molecule has 0 saturated carbocycles. The van der Waals surface area contributed by atoms with E-state index in [9.17, 15) is 9.59 Å². The number of aromatic carboxylic acids is 1. The van der Waals surface area contributed by atoms with Crippen molar-refractivity contribution < 1.29 is 24.5 Å². The first kappa shape index (κ1) is 16.0. The molecule has 0 spiro atoms. The van der Waals surface area contributed by atoms with Crippen molar-refractivity contribution in [2.75, 3.05) is 6.61 Å². The maximum absolute atomic E-state index is 11.0. The monoisotopic (exact) mass is 280 g/mol. The maximum Gasteiger partial charge on any atom is 0.335 e. The molecule has 0 atom stereocenters. The quantitative estimate of drug-likeness (QED) is 0.750. The van der Waals surface area contributed by atoms with E-state index < -0.39 is 17.4 Å². The number of rotatable bonds is 7. The second kappa shape index (κ2) is 6.41. The van der Waals surface area contributed by atoms with Crippen LogP contribution >= 0.6 is 0 Å². The molecular formula is C15H20O5. The molecule has 0 aromatic heterocycles. The molecule has 0 unspecified atom stereocenters. The third-order valence-corrected chi connectivity index (χ3v) is 3.22. The molecule has 20 heavy (non-hydrogen) atoms. The van der Waals surface area contributed by atoms with Gasteiger partial charge in [-0.25, -0.2) is 4.79 Å². The molecule has 0 aliphatic heterocycles. The summed E-state index contributed by atoms with van der Waals surface area (Å²) >= 11 is 0. The molecule has 5 heteroatoms. The normalized spacial score (nSPS) is 11.2. The van der Waals surface area contributed by atoms with Crippen LogP contribution in [0.25, 0.3) is 0 Å². The van der Waals surface area contributed by atoms with Gasteiger partial charge in [-0.15, -0.1) is 0 Å². The molecule has 5 nitrogen and oxygen atoms in total. The van der Waals surface area contributed by atoms with Crippen molar-refractivity contribution >= 4 is 11.9 Å². The molecule has 2 N–H and O–H groups in total. The van der Waals surface area contributed by atoms with Crippen molar-refractivity contribution in [1.29, 1.82) is 0 Å². The van der Waals surface area contributed by atoms with E-state index in [1.807, 2.05) is 6.92 Å². The molecule has 0 heterocycles. The molecule has 0 radical (unpaired) electrons. The van der Waals surface area contributed by atoms with E-state index in [0.717, 1.165) is 5.56 Å². The highest BCUT2D eigenvalue weighted by Gasteiger charge is 2.26. The third kappa shape index (κ3) is 4.26. The van der Waals surface area contributed by atoms with Gasteiger partial charge in [-0.05, 0) is 51.3 Å². The number of carbonyl (C=O) groups is 2. The molecule has 0 aliphatic carbocycles. The summed E-state index contributed by atoms with van der Waals surface area (Å²) in [6, 6.07) is 4.71. The Morgan fingerprint density at radius 3 is 2.45 bits per heavy atom. The van der Waals surface area contributed by atoms with Crippen LogP contribution in [0.2, 0.25) is 0 Å². The summed E-state index contributed by atoms with van der Waals surface area (Å²) in [6.07, 6.45) is 1.09. The number of hydrogen-bond acceptors (Lipinski definition) is 3. The fourth-order valence-corrected chi connectivity index (χ4v) is 1.69. The van der Waals surface area contributed by atoms with Gasteiger partial charge in [0.25, 0.3) is 0 Å². The Bertz CT molecular complexity index is 505. The molecule has 1 aromatic rings. The summed E-state index contributed by atoms with van der Waals surface area (Å²) in [4.78, 5) is 21.8. The van der Waals surface area contributed by atoms with Gasteiger partial charge in [0.2, 0.25) is 0 Å². The van der Waals surface area contributed by atoms with Crippen LogP contribution in [-0.4, -0.2) is 28.8 Å². The van der Waals surface area contributed by atoms with E-state index in [1.165, 1.54) is 12.1 Å². The Hall–Kier alpha value is -2.04. The number of hydrogen-bond donors (Lipinski definition) is 2. The average Bonchev–Trinajstić information content (AvgIpc) is 2.36. The van der Waals surface area contributed by atoms with Crippen molar-refractivity contribution in [3.05, 3.63) is 29.3 Å². The zero-order valence-corrected chi connectivity index (χ0v) is 12.0. The Balaban J connectivity index is 2.56. The molecule has 0 fully saturated rings.